The lowest BCUT2D eigenvalue weighted by atomic mass is 10.2. The van der Waals surface area contributed by atoms with Gasteiger partial charge in [-0.3, -0.25) is 4.79 Å². The number of ether oxygens (including phenoxy) is 1. The fourth-order valence-electron chi connectivity index (χ4n) is 1.54. The van der Waals surface area contributed by atoms with E-state index in [1.165, 1.54) is 0 Å². The number of hydrogen-bond donors (Lipinski definition) is 2. The lowest BCUT2D eigenvalue weighted by molar-refractivity contribution is -0.141. The van der Waals surface area contributed by atoms with E-state index in [0.717, 1.165) is 0 Å². The minimum Gasteiger partial charge on any atom is -0.493 e. The van der Waals surface area contributed by atoms with Crippen LogP contribution < -0.4 is 10.1 Å². The first-order valence-corrected chi connectivity index (χ1v) is 7.72. The number of amides is 1. The van der Waals surface area contributed by atoms with Crippen LogP contribution in [0.5, 0.6) is 5.75 Å². The molecule has 5 nitrogen and oxygen atoms in total. The molecule has 0 aromatic heterocycles. The Kier molecular flexibility index (Phi) is 7.57. The van der Waals surface area contributed by atoms with Crippen LogP contribution in [0.4, 0.5) is 0 Å². The fraction of sp³-hybridized carbons (Fsp3) is 0.429. The number of carbonyl (C=O) groups is 2. The summed E-state index contributed by atoms with van der Waals surface area (Å²) in [5, 5.41) is 11.5. The Labute approximate surface area is 122 Å². The van der Waals surface area contributed by atoms with Crippen molar-refractivity contribution in [2.75, 3.05) is 18.6 Å². The molecule has 0 saturated heterocycles. The number of hydrogen-bond acceptors (Lipinski definition) is 4. The van der Waals surface area contributed by atoms with Crippen molar-refractivity contribution in [2.24, 2.45) is 0 Å². The van der Waals surface area contributed by atoms with E-state index in [-0.39, 0.29) is 18.9 Å². The average Bonchev–Trinajstić information content (AvgIpc) is 2.44. The highest BCUT2D eigenvalue weighted by atomic mass is 32.2. The maximum absolute atomic E-state index is 11.7. The first-order chi connectivity index (χ1) is 9.63. The summed E-state index contributed by atoms with van der Waals surface area (Å²) in [4.78, 5) is 22.6. The van der Waals surface area contributed by atoms with E-state index >= 15 is 0 Å². The molecule has 0 aliphatic heterocycles. The van der Waals surface area contributed by atoms with Crippen molar-refractivity contribution in [2.45, 2.75) is 18.9 Å². The monoisotopic (exact) mass is 297 g/mol. The average molecular weight is 297 g/mol. The third-order valence-corrected chi connectivity index (χ3v) is 3.23. The van der Waals surface area contributed by atoms with Crippen molar-refractivity contribution >= 4 is 23.6 Å². The Hall–Kier alpha value is -1.69. The SMILES string of the molecule is CSCC[C@H](NC(=O)CCOc1ccccc1)C(=O)O. The highest BCUT2D eigenvalue weighted by Crippen LogP contribution is 2.08. The zero-order valence-corrected chi connectivity index (χ0v) is 12.2. The molecule has 1 amide bonds. The smallest absolute Gasteiger partial charge is 0.326 e. The Morgan fingerprint density at radius 1 is 1.35 bits per heavy atom. The Bertz CT molecular complexity index is 424. The molecule has 0 radical (unpaired) electrons. The molecule has 1 atom stereocenters. The third kappa shape index (κ3) is 6.47. The first-order valence-electron chi connectivity index (χ1n) is 6.32. The van der Waals surface area contributed by atoms with Gasteiger partial charge in [-0.15, -0.1) is 0 Å². The minimum atomic E-state index is -1.00. The van der Waals surface area contributed by atoms with Gasteiger partial charge in [-0.1, -0.05) is 18.2 Å². The van der Waals surface area contributed by atoms with E-state index in [4.69, 9.17) is 9.84 Å². The van der Waals surface area contributed by atoms with Crippen LogP contribution in [0.3, 0.4) is 0 Å². The van der Waals surface area contributed by atoms with Crippen LogP contribution in [-0.4, -0.2) is 41.6 Å². The Morgan fingerprint density at radius 2 is 2.05 bits per heavy atom. The van der Waals surface area contributed by atoms with Crippen molar-refractivity contribution < 1.29 is 19.4 Å². The molecule has 2 N–H and O–H groups in total. The quantitative estimate of drug-likeness (QED) is 0.726. The zero-order chi connectivity index (χ0) is 14.8. The van der Waals surface area contributed by atoms with Gasteiger partial charge >= 0.3 is 5.97 Å². The summed E-state index contributed by atoms with van der Waals surface area (Å²) in [7, 11) is 0. The maximum atomic E-state index is 11.7. The number of para-hydroxylation sites is 1. The molecule has 0 fully saturated rings. The third-order valence-electron chi connectivity index (χ3n) is 2.59. The molecule has 110 valence electrons. The maximum Gasteiger partial charge on any atom is 0.326 e. The number of carboxylic acids is 1. The molecule has 6 heteroatoms. The summed E-state index contributed by atoms with van der Waals surface area (Å²) >= 11 is 1.55. The molecule has 0 spiro atoms. The number of carbonyl (C=O) groups excluding carboxylic acids is 1. The van der Waals surface area contributed by atoms with Gasteiger partial charge in [0.25, 0.3) is 0 Å². The van der Waals surface area contributed by atoms with E-state index in [2.05, 4.69) is 5.32 Å². The molecule has 0 heterocycles. The summed E-state index contributed by atoms with van der Waals surface area (Å²) in [5.41, 5.74) is 0. The minimum absolute atomic E-state index is 0.137. The van der Waals surface area contributed by atoms with Gasteiger partial charge in [-0.25, -0.2) is 4.79 Å². The molecular weight excluding hydrogens is 278 g/mol. The van der Waals surface area contributed by atoms with Crippen LogP contribution in [0, 0.1) is 0 Å². The van der Waals surface area contributed by atoms with Crippen molar-refractivity contribution in [1.82, 2.24) is 5.32 Å². The van der Waals surface area contributed by atoms with Crippen molar-refractivity contribution in [3.05, 3.63) is 30.3 Å². The van der Waals surface area contributed by atoms with E-state index in [0.29, 0.717) is 17.9 Å². The highest BCUT2D eigenvalue weighted by molar-refractivity contribution is 7.98. The van der Waals surface area contributed by atoms with Gasteiger partial charge in [-0.2, -0.15) is 11.8 Å². The van der Waals surface area contributed by atoms with E-state index < -0.39 is 12.0 Å². The summed E-state index contributed by atoms with van der Waals surface area (Å²) in [5.74, 6) is 0.0703. The molecule has 0 aliphatic rings. The fourth-order valence-corrected chi connectivity index (χ4v) is 2.01. The number of benzene rings is 1. The molecule has 0 bridgehead atoms. The number of thioether (sulfide) groups is 1. The molecule has 1 aromatic rings. The van der Waals surface area contributed by atoms with Crippen LogP contribution in [0.1, 0.15) is 12.8 Å². The van der Waals surface area contributed by atoms with E-state index in [1.807, 2.05) is 24.5 Å². The Balaban J connectivity index is 2.29. The standard InChI is InChI=1S/C14H19NO4S/c1-20-10-8-12(14(17)18)15-13(16)7-9-19-11-5-3-2-4-6-11/h2-6,12H,7-10H2,1H3,(H,15,16)(H,17,18)/t12-/m0/s1. The van der Waals surface area contributed by atoms with Crippen LogP contribution in [0.2, 0.25) is 0 Å². The van der Waals surface area contributed by atoms with Crippen molar-refractivity contribution in [3.63, 3.8) is 0 Å². The summed E-state index contributed by atoms with van der Waals surface area (Å²) < 4.78 is 5.39. The topological polar surface area (TPSA) is 75.6 Å². The molecule has 1 aromatic carbocycles. The first kappa shape index (κ1) is 16.4. The van der Waals surface area contributed by atoms with Gasteiger partial charge in [0.2, 0.25) is 5.91 Å². The largest absolute Gasteiger partial charge is 0.493 e. The van der Waals surface area contributed by atoms with Gasteiger partial charge in [0.1, 0.15) is 11.8 Å². The van der Waals surface area contributed by atoms with Gasteiger partial charge in [0, 0.05) is 0 Å². The number of rotatable bonds is 9. The summed E-state index contributed by atoms with van der Waals surface area (Å²) in [6.45, 7) is 0.227. The second-order valence-corrected chi connectivity index (χ2v) is 5.14. The highest BCUT2D eigenvalue weighted by Gasteiger charge is 2.18. The van der Waals surface area contributed by atoms with Crippen LogP contribution in [0.15, 0.2) is 30.3 Å². The number of nitrogens with one attached hydrogen (secondary N) is 1. The van der Waals surface area contributed by atoms with E-state index in [9.17, 15) is 9.59 Å². The lowest BCUT2D eigenvalue weighted by Crippen LogP contribution is -2.41. The van der Waals surface area contributed by atoms with E-state index in [1.54, 1.807) is 23.9 Å². The van der Waals surface area contributed by atoms with Crippen LogP contribution in [0.25, 0.3) is 0 Å². The predicted octanol–water partition coefficient (Wildman–Crippen LogP) is 1.78. The number of carboxylic acid groups (broad SMARTS) is 1. The summed E-state index contributed by atoms with van der Waals surface area (Å²) in [6.07, 6.45) is 2.45. The van der Waals surface area contributed by atoms with Gasteiger partial charge in [0.15, 0.2) is 0 Å². The normalized spacial score (nSPS) is 11.7. The van der Waals surface area contributed by atoms with Crippen molar-refractivity contribution in [3.8, 4) is 5.75 Å². The van der Waals surface area contributed by atoms with Gasteiger partial charge in [-0.05, 0) is 30.6 Å². The molecule has 20 heavy (non-hydrogen) atoms. The van der Waals surface area contributed by atoms with Gasteiger partial charge in [0.05, 0.1) is 13.0 Å². The molecular formula is C14H19NO4S. The Morgan fingerprint density at radius 3 is 2.65 bits per heavy atom. The molecule has 0 unspecified atom stereocenters. The summed E-state index contributed by atoms with van der Waals surface area (Å²) in [6, 6.07) is 8.35. The molecule has 1 rings (SSSR count). The predicted molar refractivity (Wildman–Crippen MR) is 79.1 cm³/mol. The van der Waals surface area contributed by atoms with Crippen molar-refractivity contribution in [1.29, 1.82) is 0 Å². The molecule has 0 saturated carbocycles. The number of aliphatic carboxylic acids is 1. The second kappa shape index (κ2) is 9.25. The van der Waals surface area contributed by atoms with Crippen LogP contribution in [-0.2, 0) is 9.59 Å². The zero-order valence-electron chi connectivity index (χ0n) is 11.4. The second-order valence-electron chi connectivity index (χ2n) is 4.15. The van der Waals surface area contributed by atoms with Gasteiger partial charge < -0.3 is 15.2 Å². The van der Waals surface area contributed by atoms with Crippen LogP contribution >= 0.6 is 11.8 Å². The lowest BCUT2D eigenvalue weighted by Gasteiger charge is -2.14. The molecule has 0 aliphatic carbocycles.